The van der Waals surface area contributed by atoms with Crippen LogP contribution >= 0.6 is 11.6 Å². The highest BCUT2D eigenvalue weighted by molar-refractivity contribution is 6.32. The van der Waals surface area contributed by atoms with Crippen LogP contribution in [0.5, 0.6) is 11.5 Å². The number of hydrogen-bond donors (Lipinski definition) is 3. The number of carbonyl (C=O) groups excluding carboxylic acids is 2. The fraction of sp³-hybridized carbons (Fsp3) is 0.333. The maximum absolute atomic E-state index is 12.5. The van der Waals surface area contributed by atoms with Crippen LogP contribution < -0.4 is 25.4 Å². The topological polar surface area (TPSA) is 88.7 Å². The normalized spacial score (nSPS) is 10.4. The lowest BCUT2D eigenvalue weighted by Gasteiger charge is -2.13. The SMILES string of the molecule is CCOc1c(Cl)cc(C(=O)NCc2ccc(NC(=O)NC(C)C)cc2)cc1OC. The van der Waals surface area contributed by atoms with Crippen LogP contribution in [0, 0.1) is 0 Å². The van der Waals surface area contributed by atoms with Crippen LogP contribution in [0.2, 0.25) is 5.02 Å². The number of amides is 3. The molecule has 0 aliphatic rings. The van der Waals surface area contributed by atoms with Gasteiger partial charge in [-0.3, -0.25) is 4.79 Å². The molecular formula is C21H26ClN3O4. The van der Waals surface area contributed by atoms with E-state index < -0.39 is 0 Å². The standard InChI is InChI=1S/C21H26ClN3O4/c1-5-29-19-17(22)10-15(11-18(19)28-4)20(26)23-12-14-6-8-16(9-7-14)25-21(27)24-13(2)3/h6-11,13H,5,12H2,1-4H3,(H,23,26)(H2,24,25,27). The van der Waals surface area contributed by atoms with E-state index in [0.29, 0.717) is 40.9 Å². The third-order valence-corrected chi connectivity index (χ3v) is 4.15. The third-order valence-electron chi connectivity index (χ3n) is 3.86. The first-order valence-corrected chi connectivity index (χ1v) is 9.66. The Morgan fingerprint density at radius 3 is 2.41 bits per heavy atom. The predicted molar refractivity (Wildman–Crippen MR) is 114 cm³/mol. The minimum atomic E-state index is -0.285. The summed E-state index contributed by atoms with van der Waals surface area (Å²) in [4.78, 5) is 24.2. The molecule has 0 unspecified atom stereocenters. The van der Waals surface area contributed by atoms with E-state index in [4.69, 9.17) is 21.1 Å². The van der Waals surface area contributed by atoms with Gasteiger partial charge in [-0.15, -0.1) is 0 Å². The van der Waals surface area contributed by atoms with Gasteiger partial charge < -0.3 is 25.4 Å². The number of urea groups is 1. The Kier molecular flexibility index (Phi) is 8.15. The van der Waals surface area contributed by atoms with E-state index >= 15 is 0 Å². The molecule has 0 saturated heterocycles. The Hall–Kier alpha value is -2.93. The molecule has 3 amide bonds. The average molecular weight is 420 g/mol. The Morgan fingerprint density at radius 1 is 1.14 bits per heavy atom. The molecule has 156 valence electrons. The smallest absolute Gasteiger partial charge is 0.319 e. The number of nitrogens with one attached hydrogen (secondary N) is 3. The van der Waals surface area contributed by atoms with Gasteiger partial charge in [0.25, 0.3) is 5.91 Å². The second-order valence-electron chi connectivity index (χ2n) is 6.56. The van der Waals surface area contributed by atoms with Crippen molar-refractivity contribution in [1.82, 2.24) is 10.6 Å². The molecule has 8 heteroatoms. The van der Waals surface area contributed by atoms with E-state index in [1.165, 1.54) is 7.11 Å². The van der Waals surface area contributed by atoms with Gasteiger partial charge in [-0.2, -0.15) is 0 Å². The molecule has 0 aliphatic carbocycles. The van der Waals surface area contributed by atoms with Gasteiger partial charge >= 0.3 is 6.03 Å². The Bertz CT molecular complexity index is 854. The second kappa shape index (κ2) is 10.6. The number of carbonyl (C=O) groups is 2. The summed E-state index contributed by atoms with van der Waals surface area (Å²) < 4.78 is 10.7. The van der Waals surface area contributed by atoms with Crippen molar-refractivity contribution in [3.63, 3.8) is 0 Å². The van der Waals surface area contributed by atoms with Gasteiger partial charge in [0, 0.05) is 23.8 Å². The zero-order valence-electron chi connectivity index (χ0n) is 17.0. The summed E-state index contributed by atoms with van der Waals surface area (Å²) in [7, 11) is 1.49. The van der Waals surface area contributed by atoms with E-state index in [0.717, 1.165) is 5.56 Å². The lowest BCUT2D eigenvalue weighted by atomic mass is 10.1. The molecule has 2 aromatic rings. The van der Waals surface area contributed by atoms with E-state index in [-0.39, 0.29) is 18.0 Å². The zero-order valence-corrected chi connectivity index (χ0v) is 17.7. The fourth-order valence-electron chi connectivity index (χ4n) is 2.56. The molecule has 7 nitrogen and oxygen atoms in total. The summed E-state index contributed by atoms with van der Waals surface area (Å²) >= 11 is 6.22. The molecule has 0 spiro atoms. The van der Waals surface area contributed by atoms with Gasteiger partial charge in [-0.1, -0.05) is 23.7 Å². The van der Waals surface area contributed by atoms with Crippen LogP contribution in [0.4, 0.5) is 10.5 Å². The largest absolute Gasteiger partial charge is 0.493 e. The fourth-order valence-corrected chi connectivity index (χ4v) is 2.82. The van der Waals surface area contributed by atoms with Crippen molar-refractivity contribution in [1.29, 1.82) is 0 Å². The summed E-state index contributed by atoms with van der Waals surface area (Å²) in [5.74, 6) is 0.532. The summed E-state index contributed by atoms with van der Waals surface area (Å²) in [6, 6.07) is 10.1. The zero-order chi connectivity index (χ0) is 21.4. The minimum Gasteiger partial charge on any atom is -0.493 e. The molecule has 0 bridgehead atoms. The molecule has 2 rings (SSSR count). The van der Waals surface area contributed by atoms with Gasteiger partial charge in [0.1, 0.15) is 0 Å². The van der Waals surface area contributed by atoms with Crippen LogP contribution in [-0.2, 0) is 6.54 Å². The highest BCUT2D eigenvalue weighted by Crippen LogP contribution is 2.36. The van der Waals surface area contributed by atoms with Gasteiger partial charge in [0.15, 0.2) is 11.5 Å². The van der Waals surface area contributed by atoms with Crippen molar-refractivity contribution in [3.05, 3.63) is 52.5 Å². The van der Waals surface area contributed by atoms with Crippen LogP contribution in [0.3, 0.4) is 0 Å². The number of benzene rings is 2. The quantitative estimate of drug-likeness (QED) is 0.598. The lowest BCUT2D eigenvalue weighted by Crippen LogP contribution is -2.34. The van der Waals surface area contributed by atoms with E-state index in [9.17, 15) is 9.59 Å². The molecule has 0 saturated carbocycles. The maximum atomic E-state index is 12.5. The number of ether oxygens (including phenoxy) is 2. The first-order valence-electron chi connectivity index (χ1n) is 9.29. The number of anilines is 1. The van der Waals surface area contributed by atoms with E-state index in [1.807, 2.05) is 32.9 Å². The van der Waals surface area contributed by atoms with Crippen LogP contribution in [0.1, 0.15) is 36.7 Å². The van der Waals surface area contributed by atoms with Crippen molar-refractivity contribution in [2.75, 3.05) is 19.0 Å². The number of halogens is 1. The molecule has 0 radical (unpaired) electrons. The molecule has 29 heavy (non-hydrogen) atoms. The Balaban J connectivity index is 1.98. The van der Waals surface area contributed by atoms with E-state index in [2.05, 4.69) is 16.0 Å². The van der Waals surface area contributed by atoms with E-state index in [1.54, 1.807) is 24.3 Å². The molecule has 3 N–H and O–H groups in total. The monoisotopic (exact) mass is 419 g/mol. The number of rotatable bonds is 8. The summed E-state index contributed by atoms with van der Waals surface area (Å²) in [6.45, 7) is 6.38. The molecule has 0 fully saturated rings. The van der Waals surface area contributed by atoms with Gasteiger partial charge in [0.05, 0.1) is 18.7 Å². The highest BCUT2D eigenvalue weighted by atomic mass is 35.5. The number of methoxy groups -OCH3 is 1. The highest BCUT2D eigenvalue weighted by Gasteiger charge is 2.15. The van der Waals surface area contributed by atoms with Crippen molar-refractivity contribution >= 4 is 29.2 Å². The third kappa shape index (κ3) is 6.57. The first kappa shape index (κ1) is 22.4. The maximum Gasteiger partial charge on any atom is 0.319 e. The van der Waals surface area contributed by atoms with Crippen molar-refractivity contribution < 1.29 is 19.1 Å². The molecule has 0 aromatic heterocycles. The number of hydrogen-bond acceptors (Lipinski definition) is 4. The Labute approximate surface area is 175 Å². The van der Waals surface area contributed by atoms with Gasteiger partial charge in [-0.25, -0.2) is 4.79 Å². The molecule has 0 heterocycles. The minimum absolute atomic E-state index is 0.0548. The van der Waals surface area contributed by atoms with Gasteiger partial charge in [0.2, 0.25) is 0 Å². The Morgan fingerprint density at radius 2 is 1.83 bits per heavy atom. The van der Waals surface area contributed by atoms with Crippen LogP contribution in [0.25, 0.3) is 0 Å². The lowest BCUT2D eigenvalue weighted by molar-refractivity contribution is 0.0950. The predicted octanol–water partition coefficient (Wildman–Crippen LogP) is 4.21. The summed E-state index contributed by atoms with van der Waals surface area (Å²) in [5.41, 5.74) is 1.93. The first-order chi connectivity index (χ1) is 13.8. The summed E-state index contributed by atoms with van der Waals surface area (Å²) in [5, 5.41) is 8.65. The molecule has 2 aromatic carbocycles. The van der Waals surface area contributed by atoms with Crippen LogP contribution in [0.15, 0.2) is 36.4 Å². The van der Waals surface area contributed by atoms with Crippen molar-refractivity contribution in [3.8, 4) is 11.5 Å². The van der Waals surface area contributed by atoms with Crippen LogP contribution in [-0.4, -0.2) is 31.7 Å². The van der Waals surface area contributed by atoms with Crippen molar-refractivity contribution in [2.24, 2.45) is 0 Å². The average Bonchev–Trinajstić information content (AvgIpc) is 2.68. The van der Waals surface area contributed by atoms with Crippen molar-refractivity contribution in [2.45, 2.75) is 33.4 Å². The van der Waals surface area contributed by atoms with Gasteiger partial charge in [-0.05, 0) is 50.6 Å². The summed E-state index contributed by atoms with van der Waals surface area (Å²) in [6.07, 6.45) is 0. The molecular weight excluding hydrogens is 394 g/mol. The molecule has 0 aliphatic heterocycles. The molecule has 0 atom stereocenters. The second-order valence-corrected chi connectivity index (χ2v) is 6.96.